The molecular weight excluding hydrogens is 406 g/mol. The van der Waals surface area contributed by atoms with Gasteiger partial charge in [0.15, 0.2) is 0 Å². The van der Waals surface area contributed by atoms with E-state index in [0.717, 1.165) is 29.7 Å². The van der Waals surface area contributed by atoms with Gasteiger partial charge in [-0.05, 0) is 45.1 Å². The van der Waals surface area contributed by atoms with Gasteiger partial charge < -0.3 is 14.7 Å². The molecule has 4 heterocycles. The molecule has 0 aliphatic carbocycles. The number of likely N-dealkylation sites (tertiary alicyclic amines) is 1. The summed E-state index contributed by atoms with van der Waals surface area (Å²) in [5.41, 5.74) is -0.285. The van der Waals surface area contributed by atoms with Crippen LogP contribution in [-0.2, 0) is 35.6 Å². The van der Waals surface area contributed by atoms with Crippen LogP contribution in [0.15, 0.2) is 9.59 Å². The third-order valence-corrected chi connectivity index (χ3v) is 7.21. The number of thiophene rings is 1. The molecule has 2 aromatic heterocycles. The summed E-state index contributed by atoms with van der Waals surface area (Å²) in [7, 11) is 0. The fraction of sp³-hybridized carbons (Fsp3) is 0.667. The standard InChI is InChI=1S/C21H29N3O5S/c1-21(2)11-14-15(13-29-21)30-19-17(14)18(27)23(9-6-10-25)20(28)24(19)12-16(26)22-7-4-3-5-8-22/h25H,3-13H2,1-2H3. The second-order valence-corrected chi connectivity index (χ2v) is 9.84. The summed E-state index contributed by atoms with van der Waals surface area (Å²) in [6.07, 6.45) is 3.96. The van der Waals surface area contributed by atoms with Crippen molar-refractivity contribution in [2.24, 2.45) is 0 Å². The van der Waals surface area contributed by atoms with Gasteiger partial charge in [-0.1, -0.05) is 0 Å². The number of amides is 1. The van der Waals surface area contributed by atoms with Crippen LogP contribution in [0.1, 0.15) is 50.0 Å². The van der Waals surface area contributed by atoms with E-state index in [0.29, 0.717) is 42.8 Å². The Morgan fingerprint density at radius 2 is 1.90 bits per heavy atom. The highest BCUT2D eigenvalue weighted by Crippen LogP contribution is 2.37. The van der Waals surface area contributed by atoms with Gasteiger partial charge >= 0.3 is 5.69 Å². The number of fused-ring (bicyclic) bond motifs is 3. The van der Waals surface area contributed by atoms with E-state index in [2.05, 4.69) is 0 Å². The van der Waals surface area contributed by atoms with Crippen LogP contribution in [0, 0.1) is 0 Å². The van der Waals surface area contributed by atoms with Gasteiger partial charge in [0.05, 0.1) is 17.6 Å². The van der Waals surface area contributed by atoms with Crippen molar-refractivity contribution in [1.82, 2.24) is 14.0 Å². The minimum absolute atomic E-state index is 0.0710. The van der Waals surface area contributed by atoms with E-state index in [1.54, 1.807) is 0 Å². The average Bonchev–Trinajstić information content (AvgIpc) is 3.09. The molecule has 0 spiro atoms. The molecule has 0 atom stereocenters. The van der Waals surface area contributed by atoms with Crippen molar-refractivity contribution in [3.63, 3.8) is 0 Å². The Labute approximate surface area is 178 Å². The van der Waals surface area contributed by atoms with Crippen LogP contribution in [0.5, 0.6) is 0 Å². The first-order valence-electron chi connectivity index (χ1n) is 10.6. The maximum Gasteiger partial charge on any atom is 0.332 e. The van der Waals surface area contributed by atoms with E-state index < -0.39 is 11.3 Å². The summed E-state index contributed by atoms with van der Waals surface area (Å²) in [6.45, 7) is 5.74. The van der Waals surface area contributed by atoms with Crippen LogP contribution >= 0.6 is 11.3 Å². The highest BCUT2D eigenvalue weighted by molar-refractivity contribution is 7.18. The molecule has 0 unspecified atom stereocenters. The number of aliphatic hydroxyl groups is 1. The van der Waals surface area contributed by atoms with Gasteiger partial charge in [0.2, 0.25) is 5.91 Å². The van der Waals surface area contributed by atoms with Gasteiger partial charge in [-0.15, -0.1) is 11.3 Å². The molecule has 1 amide bonds. The lowest BCUT2D eigenvalue weighted by Gasteiger charge is -2.30. The van der Waals surface area contributed by atoms with Crippen LogP contribution in [-0.4, -0.2) is 50.3 Å². The van der Waals surface area contributed by atoms with Crippen molar-refractivity contribution in [2.45, 2.75) is 71.2 Å². The van der Waals surface area contributed by atoms with Gasteiger partial charge in [0.25, 0.3) is 5.56 Å². The Bertz CT molecular complexity index is 1070. The van der Waals surface area contributed by atoms with Crippen molar-refractivity contribution in [3.05, 3.63) is 31.3 Å². The maximum absolute atomic E-state index is 13.3. The molecule has 30 heavy (non-hydrogen) atoms. The molecule has 0 radical (unpaired) electrons. The lowest BCUT2D eigenvalue weighted by atomic mass is 9.94. The molecular formula is C21H29N3O5S. The third kappa shape index (κ3) is 3.86. The largest absolute Gasteiger partial charge is 0.396 e. The second-order valence-electron chi connectivity index (χ2n) is 8.75. The molecule has 0 bridgehead atoms. The number of piperidine rings is 1. The molecule has 0 saturated carbocycles. The van der Waals surface area contributed by atoms with Gasteiger partial charge in [-0.2, -0.15) is 0 Å². The summed E-state index contributed by atoms with van der Waals surface area (Å²) >= 11 is 1.38. The maximum atomic E-state index is 13.3. The van der Waals surface area contributed by atoms with Crippen molar-refractivity contribution in [3.8, 4) is 0 Å². The van der Waals surface area contributed by atoms with Gasteiger partial charge in [0.1, 0.15) is 11.4 Å². The number of aliphatic hydroxyl groups excluding tert-OH is 1. The first kappa shape index (κ1) is 21.3. The zero-order valence-electron chi connectivity index (χ0n) is 17.6. The lowest BCUT2D eigenvalue weighted by Crippen LogP contribution is -2.44. The predicted molar refractivity (Wildman–Crippen MR) is 115 cm³/mol. The predicted octanol–water partition coefficient (Wildman–Crippen LogP) is 1.47. The zero-order valence-corrected chi connectivity index (χ0v) is 18.4. The Hall–Kier alpha value is -1.97. The number of rotatable bonds is 5. The van der Waals surface area contributed by atoms with Crippen LogP contribution in [0.3, 0.4) is 0 Å². The number of ether oxygens (including phenoxy) is 1. The fourth-order valence-corrected chi connectivity index (χ4v) is 5.56. The van der Waals surface area contributed by atoms with Crippen molar-refractivity contribution < 1.29 is 14.6 Å². The first-order chi connectivity index (χ1) is 14.3. The van der Waals surface area contributed by atoms with E-state index in [-0.39, 0.29) is 31.2 Å². The Kier molecular flexibility index (Phi) is 5.87. The summed E-state index contributed by atoms with van der Waals surface area (Å²) in [5, 5.41) is 9.75. The highest BCUT2D eigenvalue weighted by Gasteiger charge is 2.32. The Morgan fingerprint density at radius 1 is 1.17 bits per heavy atom. The molecule has 1 fully saturated rings. The number of aromatic nitrogens is 2. The smallest absolute Gasteiger partial charge is 0.332 e. The number of nitrogens with zero attached hydrogens (tertiary/aromatic N) is 3. The minimum atomic E-state index is -0.481. The molecule has 2 aromatic rings. The highest BCUT2D eigenvalue weighted by atomic mass is 32.1. The van der Waals surface area contributed by atoms with Crippen LogP contribution in [0.4, 0.5) is 0 Å². The van der Waals surface area contributed by atoms with Gasteiger partial charge in [-0.25, -0.2) is 4.79 Å². The van der Waals surface area contributed by atoms with E-state index >= 15 is 0 Å². The molecule has 164 valence electrons. The molecule has 0 aromatic carbocycles. The summed E-state index contributed by atoms with van der Waals surface area (Å²) in [6, 6.07) is 0. The second kappa shape index (κ2) is 8.28. The normalized spacial score (nSPS) is 18.6. The molecule has 2 aliphatic rings. The number of hydrogen-bond acceptors (Lipinski definition) is 6. The zero-order chi connectivity index (χ0) is 21.5. The molecule has 1 N–H and O–H groups in total. The summed E-state index contributed by atoms with van der Waals surface area (Å²) in [4.78, 5) is 42.7. The van der Waals surface area contributed by atoms with E-state index in [9.17, 15) is 19.5 Å². The lowest BCUT2D eigenvalue weighted by molar-refractivity contribution is -0.132. The SMILES string of the molecule is CC1(C)Cc2c(sc3c2c(=O)n(CCCO)c(=O)n3CC(=O)N2CCCCC2)CO1. The minimum Gasteiger partial charge on any atom is -0.396 e. The molecule has 2 aliphatic heterocycles. The Balaban J connectivity index is 1.85. The molecule has 4 rings (SSSR count). The van der Waals surface area contributed by atoms with Gasteiger partial charge in [0, 0.05) is 37.5 Å². The van der Waals surface area contributed by atoms with Gasteiger partial charge in [-0.3, -0.25) is 18.7 Å². The summed E-state index contributed by atoms with van der Waals surface area (Å²) in [5.74, 6) is -0.0894. The van der Waals surface area contributed by atoms with E-state index in [1.165, 1.54) is 20.5 Å². The molecule has 9 heteroatoms. The topological polar surface area (TPSA) is 93.8 Å². The van der Waals surface area contributed by atoms with Crippen molar-refractivity contribution >= 4 is 27.5 Å². The fourth-order valence-electron chi connectivity index (χ4n) is 4.35. The van der Waals surface area contributed by atoms with Crippen molar-refractivity contribution in [2.75, 3.05) is 19.7 Å². The van der Waals surface area contributed by atoms with E-state index in [4.69, 9.17) is 4.74 Å². The molecule has 1 saturated heterocycles. The first-order valence-corrected chi connectivity index (χ1v) is 11.4. The van der Waals surface area contributed by atoms with Crippen molar-refractivity contribution in [1.29, 1.82) is 0 Å². The average molecular weight is 436 g/mol. The van der Waals surface area contributed by atoms with E-state index in [1.807, 2.05) is 18.7 Å². The third-order valence-electron chi connectivity index (χ3n) is 5.98. The molecule has 8 nitrogen and oxygen atoms in total. The van der Waals surface area contributed by atoms with Crippen LogP contribution < -0.4 is 11.2 Å². The van der Waals surface area contributed by atoms with Crippen LogP contribution in [0.2, 0.25) is 0 Å². The van der Waals surface area contributed by atoms with Crippen LogP contribution in [0.25, 0.3) is 10.2 Å². The number of carbonyl (C=O) groups is 1. The quantitative estimate of drug-likeness (QED) is 0.768. The Morgan fingerprint density at radius 3 is 2.60 bits per heavy atom. The number of carbonyl (C=O) groups excluding carboxylic acids is 1. The monoisotopic (exact) mass is 435 g/mol. The summed E-state index contributed by atoms with van der Waals surface area (Å²) < 4.78 is 8.55. The number of hydrogen-bond donors (Lipinski definition) is 1.